The van der Waals surface area contributed by atoms with Crippen LogP contribution in [0.4, 0.5) is 10.5 Å². The number of aromatic amines is 1. The predicted molar refractivity (Wildman–Crippen MR) is 96.4 cm³/mol. The molecule has 4 N–H and O–H groups in total. The molecule has 0 saturated heterocycles. The molecule has 0 aliphatic carbocycles. The standard InChI is InChI=1S/C19H18N4O2/c20-19(25)21-13-5-3-4-12(10-13)18(24)23-9-8-15-14-6-1-2-7-16(14)22-17(15)11-23/h1-7,10,22H,8-9,11H2,(H3,20,21,25). The molecule has 0 spiro atoms. The molecular formula is C19H18N4O2. The molecule has 1 aliphatic heterocycles. The number of anilines is 1. The summed E-state index contributed by atoms with van der Waals surface area (Å²) in [7, 11) is 0. The Morgan fingerprint density at radius 3 is 2.80 bits per heavy atom. The number of fused-ring (bicyclic) bond motifs is 3. The lowest BCUT2D eigenvalue weighted by atomic mass is 10.0. The van der Waals surface area contributed by atoms with Crippen LogP contribution in [0.15, 0.2) is 48.5 Å². The van der Waals surface area contributed by atoms with Crippen molar-refractivity contribution in [3.8, 4) is 0 Å². The van der Waals surface area contributed by atoms with Crippen LogP contribution in [0, 0.1) is 0 Å². The maximum Gasteiger partial charge on any atom is 0.316 e. The van der Waals surface area contributed by atoms with Crippen LogP contribution in [0.2, 0.25) is 0 Å². The lowest BCUT2D eigenvalue weighted by Crippen LogP contribution is -2.35. The van der Waals surface area contributed by atoms with Crippen molar-refractivity contribution in [3.63, 3.8) is 0 Å². The molecule has 2 aromatic carbocycles. The number of rotatable bonds is 2. The van der Waals surface area contributed by atoms with Crippen molar-refractivity contribution in [1.29, 1.82) is 0 Å². The van der Waals surface area contributed by atoms with E-state index in [9.17, 15) is 9.59 Å². The molecule has 25 heavy (non-hydrogen) atoms. The maximum atomic E-state index is 12.8. The van der Waals surface area contributed by atoms with E-state index in [1.54, 1.807) is 24.3 Å². The molecule has 1 aliphatic rings. The summed E-state index contributed by atoms with van der Waals surface area (Å²) in [6, 6.07) is 14.4. The number of hydrogen-bond donors (Lipinski definition) is 3. The monoisotopic (exact) mass is 334 g/mol. The Balaban J connectivity index is 1.59. The van der Waals surface area contributed by atoms with Gasteiger partial charge in [-0.05, 0) is 36.2 Å². The summed E-state index contributed by atoms with van der Waals surface area (Å²) in [6.45, 7) is 1.22. The van der Waals surface area contributed by atoms with E-state index >= 15 is 0 Å². The van der Waals surface area contributed by atoms with Gasteiger partial charge < -0.3 is 20.9 Å². The minimum atomic E-state index is -0.648. The zero-order valence-corrected chi connectivity index (χ0v) is 13.6. The average Bonchev–Trinajstić information content (AvgIpc) is 2.98. The summed E-state index contributed by atoms with van der Waals surface area (Å²) in [5, 5.41) is 3.73. The summed E-state index contributed by atoms with van der Waals surface area (Å²) < 4.78 is 0. The van der Waals surface area contributed by atoms with Crippen LogP contribution in [0.1, 0.15) is 21.6 Å². The highest BCUT2D eigenvalue weighted by molar-refractivity contribution is 5.97. The van der Waals surface area contributed by atoms with Crippen LogP contribution < -0.4 is 11.1 Å². The lowest BCUT2D eigenvalue weighted by Gasteiger charge is -2.27. The number of H-pyrrole nitrogens is 1. The third-order valence-electron chi connectivity index (χ3n) is 4.55. The van der Waals surface area contributed by atoms with Crippen LogP contribution in [0.3, 0.4) is 0 Å². The average molecular weight is 334 g/mol. The number of benzene rings is 2. The van der Waals surface area contributed by atoms with E-state index < -0.39 is 6.03 Å². The zero-order valence-electron chi connectivity index (χ0n) is 13.6. The van der Waals surface area contributed by atoms with Gasteiger partial charge >= 0.3 is 6.03 Å². The second kappa shape index (κ2) is 5.98. The van der Waals surface area contributed by atoms with E-state index in [4.69, 9.17) is 5.73 Å². The normalized spacial score (nSPS) is 13.5. The van der Waals surface area contributed by atoms with Gasteiger partial charge in [0.15, 0.2) is 0 Å². The van der Waals surface area contributed by atoms with Gasteiger partial charge in [0.2, 0.25) is 0 Å². The van der Waals surface area contributed by atoms with Crippen molar-refractivity contribution in [2.45, 2.75) is 13.0 Å². The van der Waals surface area contributed by atoms with Crippen molar-refractivity contribution >= 4 is 28.5 Å². The first kappa shape index (κ1) is 15.3. The second-order valence-corrected chi connectivity index (χ2v) is 6.17. The largest absolute Gasteiger partial charge is 0.357 e. The van der Waals surface area contributed by atoms with Crippen molar-refractivity contribution in [2.24, 2.45) is 5.73 Å². The zero-order chi connectivity index (χ0) is 17.4. The fraction of sp³-hybridized carbons (Fsp3) is 0.158. The number of para-hydroxylation sites is 1. The number of primary amides is 1. The number of carbonyl (C=O) groups is 2. The number of aromatic nitrogens is 1. The molecule has 6 heteroatoms. The van der Waals surface area contributed by atoms with Gasteiger partial charge in [-0.1, -0.05) is 24.3 Å². The van der Waals surface area contributed by atoms with Gasteiger partial charge in [0.1, 0.15) is 0 Å². The first-order valence-corrected chi connectivity index (χ1v) is 8.16. The first-order valence-electron chi connectivity index (χ1n) is 8.16. The molecule has 0 bridgehead atoms. The molecule has 6 nitrogen and oxygen atoms in total. The van der Waals surface area contributed by atoms with Gasteiger partial charge in [-0.15, -0.1) is 0 Å². The molecule has 2 heterocycles. The van der Waals surface area contributed by atoms with E-state index in [0.29, 0.717) is 24.3 Å². The summed E-state index contributed by atoms with van der Waals surface area (Å²) in [5.41, 5.74) is 9.67. The molecule has 0 saturated carbocycles. The molecule has 0 atom stereocenters. The number of nitrogens with zero attached hydrogens (tertiary/aromatic N) is 1. The molecule has 4 rings (SSSR count). The molecule has 126 valence electrons. The number of urea groups is 1. The van der Waals surface area contributed by atoms with Crippen molar-refractivity contribution in [1.82, 2.24) is 9.88 Å². The quantitative estimate of drug-likeness (QED) is 0.672. The Morgan fingerprint density at radius 1 is 1.12 bits per heavy atom. The fourth-order valence-electron chi connectivity index (χ4n) is 3.42. The molecule has 1 aromatic heterocycles. The van der Waals surface area contributed by atoms with E-state index in [1.807, 2.05) is 17.0 Å². The van der Waals surface area contributed by atoms with E-state index in [-0.39, 0.29) is 5.91 Å². The molecule has 0 fully saturated rings. The second-order valence-electron chi connectivity index (χ2n) is 6.17. The Bertz CT molecular complexity index is 976. The van der Waals surface area contributed by atoms with E-state index in [0.717, 1.165) is 17.6 Å². The SMILES string of the molecule is NC(=O)Nc1cccc(C(=O)N2CCc3c([nH]c4ccccc34)C2)c1. The van der Waals surface area contributed by atoms with Crippen molar-refractivity contribution in [3.05, 3.63) is 65.4 Å². The Hall–Kier alpha value is -3.28. The van der Waals surface area contributed by atoms with Gasteiger partial charge in [-0.3, -0.25) is 4.79 Å². The van der Waals surface area contributed by atoms with Gasteiger partial charge in [0.25, 0.3) is 5.91 Å². The molecule has 3 amide bonds. The van der Waals surface area contributed by atoms with Crippen LogP contribution in [-0.2, 0) is 13.0 Å². The molecule has 3 aromatic rings. The summed E-state index contributed by atoms with van der Waals surface area (Å²) in [5.74, 6) is -0.0579. The Kier molecular flexibility index (Phi) is 3.65. The van der Waals surface area contributed by atoms with Crippen molar-refractivity contribution in [2.75, 3.05) is 11.9 Å². The summed E-state index contributed by atoms with van der Waals surface area (Å²) in [6.07, 6.45) is 0.824. The Labute approximate surface area is 144 Å². The smallest absolute Gasteiger partial charge is 0.316 e. The molecular weight excluding hydrogens is 316 g/mol. The van der Waals surface area contributed by atoms with Gasteiger partial charge in [-0.2, -0.15) is 0 Å². The fourth-order valence-corrected chi connectivity index (χ4v) is 3.42. The van der Waals surface area contributed by atoms with Crippen LogP contribution in [0.5, 0.6) is 0 Å². The maximum absolute atomic E-state index is 12.8. The molecule has 0 radical (unpaired) electrons. The number of carbonyl (C=O) groups excluding carboxylic acids is 2. The van der Waals surface area contributed by atoms with Gasteiger partial charge in [-0.25, -0.2) is 4.79 Å². The summed E-state index contributed by atoms with van der Waals surface area (Å²) in [4.78, 5) is 29.1. The number of hydrogen-bond acceptors (Lipinski definition) is 2. The number of amides is 3. The molecule has 0 unspecified atom stereocenters. The number of nitrogens with one attached hydrogen (secondary N) is 2. The van der Waals surface area contributed by atoms with Gasteiger partial charge in [0.05, 0.1) is 6.54 Å². The third-order valence-corrected chi connectivity index (χ3v) is 4.55. The highest BCUT2D eigenvalue weighted by atomic mass is 16.2. The minimum Gasteiger partial charge on any atom is -0.357 e. The van der Waals surface area contributed by atoms with Crippen LogP contribution in [-0.4, -0.2) is 28.4 Å². The minimum absolute atomic E-state index is 0.0579. The topological polar surface area (TPSA) is 91.2 Å². The number of nitrogens with two attached hydrogens (primary N) is 1. The highest BCUT2D eigenvalue weighted by Gasteiger charge is 2.24. The third kappa shape index (κ3) is 2.82. The van der Waals surface area contributed by atoms with Gasteiger partial charge in [0, 0.05) is 34.4 Å². The lowest BCUT2D eigenvalue weighted by molar-refractivity contribution is 0.0733. The van der Waals surface area contributed by atoms with Crippen molar-refractivity contribution < 1.29 is 9.59 Å². The van der Waals surface area contributed by atoms with E-state index in [1.165, 1.54) is 10.9 Å². The first-order chi connectivity index (χ1) is 12.1. The summed E-state index contributed by atoms with van der Waals surface area (Å²) >= 11 is 0. The predicted octanol–water partition coefficient (Wildman–Crippen LogP) is 2.86. The van der Waals surface area contributed by atoms with Crippen LogP contribution >= 0.6 is 0 Å². The van der Waals surface area contributed by atoms with E-state index in [2.05, 4.69) is 22.4 Å². The van der Waals surface area contributed by atoms with Crippen LogP contribution in [0.25, 0.3) is 10.9 Å². The highest BCUT2D eigenvalue weighted by Crippen LogP contribution is 2.28. The Morgan fingerprint density at radius 2 is 1.96 bits per heavy atom.